The van der Waals surface area contributed by atoms with Gasteiger partial charge < -0.3 is 9.90 Å². The second-order valence-corrected chi connectivity index (χ2v) is 5.71. The molecular formula is C18H33AlO2+2. The molecule has 0 saturated heterocycles. The van der Waals surface area contributed by atoms with E-state index >= 15 is 0 Å². The molecule has 0 radical (unpaired) electrons. The van der Waals surface area contributed by atoms with E-state index in [4.69, 9.17) is 0 Å². The van der Waals surface area contributed by atoms with Crippen molar-refractivity contribution in [3.05, 3.63) is 12.2 Å². The number of hydrogen-bond acceptors (Lipinski definition) is 2. The van der Waals surface area contributed by atoms with Crippen molar-refractivity contribution in [2.75, 3.05) is 0 Å². The molecule has 0 atom stereocenters. The molecule has 0 spiro atoms. The molecule has 0 heterocycles. The zero-order valence-electron chi connectivity index (χ0n) is 13.9. The van der Waals surface area contributed by atoms with E-state index in [9.17, 15) is 9.90 Å². The van der Waals surface area contributed by atoms with Crippen LogP contribution in [0.25, 0.3) is 0 Å². The minimum atomic E-state index is -0.914. The van der Waals surface area contributed by atoms with Crippen molar-refractivity contribution >= 4 is 23.3 Å². The van der Waals surface area contributed by atoms with Crippen LogP contribution in [0.5, 0.6) is 0 Å². The van der Waals surface area contributed by atoms with E-state index < -0.39 is 5.97 Å². The maximum Gasteiger partial charge on any atom is 3.00 e. The third-order valence-corrected chi connectivity index (χ3v) is 3.64. The molecular weight excluding hydrogens is 275 g/mol. The Hall–Kier alpha value is -0.258. The quantitative estimate of drug-likeness (QED) is 0.256. The molecule has 0 aliphatic carbocycles. The predicted octanol–water partition coefficient (Wildman–Crippen LogP) is 4.39. The molecule has 118 valence electrons. The van der Waals surface area contributed by atoms with Crippen molar-refractivity contribution < 1.29 is 9.90 Å². The van der Waals surface area contributed by atoms with Gasteiger partial charge in [0.1, 0.15) is 0 Å². The molecule has 0 N–H and O–H groups in total. The van der Waals surface area contributed by atoms with Gasteiger partial charge in [0.2, 0.25) is 0 Å². The molecule has 0 aromatic rings. The molecule has 0 aliphatic heterocycles. The Labute approximate surface area is 142 Å². The van der Waals surface area contributed by atoms with E-state index in [1.807, 2.05) is 0 Å². The van der Waals surface area contributed by atoms with E-state index in [0.717, 1.165) is 19.3 Å². The average Bonchev–Trinajstić information content (AvgIpc) is 2.43. The predicted molar refractivity (Wildman–Crippen MR) is 90.2 cm³/mol. The number of carbonyl (C=O) groups is 1. The Morgan fingerprint density at radius 1 is 0.762 bits per heavy atom. The average molecular weight is 308 g/mol. The van der Waals surface area contributed by atoms with Gasteiger partial charge in [-0.2, -0.15) is 0 Å². The third-order valence-electron chi connectivity index (χ3n) is 3.64. The fourth-order valence-corrected chi connectivity index (χ4v) is 2.34. The Morgan fingerprint density at radius 2 is 1.19 bits per heavy atom. The number of hydrogen-bond donors (Lipinski definition) is 0. The number of unbranched alkanes of at least 4 members (excludes halogenated alkanes) is 11. The Balaban J connectivity index is 0. The molecule has 2 nitrogen and oxygen atoms in total. The zero-order valence-corrected chi connectivity index (χ0v) is 15.1. The van der Waals surface area contributed by atoms with Gasteiger partial charge in [-0.3, -0.25) is 0 Å². The van der Waals surface area contributed by atoms with Crippen molar-refractivity contribution in [2.45, 2.75) is 96.8 Å². The molecule has 0 aliphatic rings. The Kier molecular flexibility index (Phi) is 21.6. The largest absolute Gasteiger partial charge is 3.00 e. The second-order valence-electron chi connectivity index (χ2n) is 5.71. The van der Waals surface area contributed by atoms with Crippen LogP contribution < -0.4 is 5.11 Å². The van der Waals surface area contributed by atoms with Crippen LogP contribution in [0, 0.1) is 0 Å². The molecule has 0 fully saturated rings. The van der Waals surface area contributed by atoms with Crippen LogP contribution in [0.15, 0.2) is 12.2 Å². The number of carbonyl (C=O) groups excluding carboxylic acids is 1. The fraction of sp³-hybridized carbons (Fsp3) is 0.833. The third kappa shape index (κ3) is 22.2. The summed E-state index contributed by atoms with van der Waals surface area (Å²) in [5, 5.41) is 10.2. The van der Waals surface area contributed by atoms with Gasteiger partial charge in [0.25, 0.3) is 0 Å². The first-order chi connectivity index (χ1) is 9.77. The van der Waals surface area contributed by atoms with Crippen LogP contribution in [-0.4, -0.2) is 23.3 Å². The van der Waals surface area contributed by atoms with Gasteiger partial charge in [0, 0.05) is 5.97 Å². The summed E-state index contributed by atoms with van der Waals surface area (Å²) in [6.45, 7) is 2.26. The molecule has 0 aromatic carbocycles. The molecule has 0 rings (SSSR count). The molecule has 0 aromatic heterocycles. The molecule has 0 saturated carbocycles. The van der Waals surface area contributed by atoms with E-state index in [-0.39, 0.29) is 23.8 Å². The fourth-order valence-electron chi connectivity index (χ4n) is 2.34. The summed E-state index contributed by atoms with van der Waals surface area (Å²) in [6, 6.07) is 0. The van der Waals surface area contributed by atoms with Crippen molar-refractivity contribution in [1.82, 2.24) is 0 Å². The Bertz CT molecular complexity index is 239. The van der Waals surface area contributed by atoms with E-state index in [0.29, 0.717) is 0 Å². The smallest absolute Gasteiger partial charge is 0.550 e. The van der Waals surface area contributed by atoms with Crippen molar-refractivity contribution in [3.8, 4) is 0 Å². The van der Waals surface area contributed by atoms with E-state index in [1.165, 1.54) is 64.2 Å². The van der Waals surface area contributed by atoms with Gasteiger partial charge in [-0.1, -0.05) is 70.4 Å². The number of rotatable bonds is 15. The number of allylic oxidation sites excluding steroid dienone is 2. The Morgan fingerprint density at radius 3 is 1.67 bits per heavy atom. The van der Waals surface area contributed by atoms with Gasteiger partial charge in [0.15, 0.2) is 0 Å². The standard InChI is InChI=1S/C18H34O2.Al/c1-2-3-4-5-6-7-8-9-10-11-12-13-14-15-16-17-18(19)20;/h9-10H,2-8,11-17H2,1H3,(H,19,20);/q;+3/p-1/b10-9-;. The van der Waals surface area contributed by atoms with Crippen LogP contribution >= 0.6 is 0 Å². The normalized spacial score (nSPS) is 10.7. The summed E-state index contributed by atoms with van der Waals surface area (Å²) in [4.78, 5) is 10.2. The molecule has 3 heteroatoms. The summed E-state index contributed by atoms with van der Waals surface area (Å²) in [7, 11) is 0. The first-order valence-electron chi connectivity index (χ1n) is 8.62. The minimum absolute atomic E-state index is 0. The van der Waals surface area contributed by atoms with Crippen molar-refractivity contribution in [2.24, 2.45) is 0 Å². The van der Waals surface area contributed by atoms with E-state index in [1.54, 1.807) is 0 Å². The summed E-state index contributed by atoms with van der Waals surface area (Å²) in [5.74, 6) is -0.914. The van der Waals surface area contributed by atoms with Gasteiger partial charge in [-0.15, -0.1) is 0 Å². The second kappa shape index (κ2) is 19.7. The van der Waals surface area contributed by atoms with Crippen LogP contribution in [0.4, 0.5) is 0 Å². The first kappa shape index (κ1) is 23.0. The maximum absolute atomic E-state index is 10.2. The summed E-state index contributed by atoms with van der Waals surface area (Å²) in [6.07, 6.45) is 20.9. The number of aliphatic carboxylic acids is 1. The molecule has 0 unspecified atom stereocenters. The monoisotopic (exact) mass is 308 g/mol. The minimum Gasteiger partial charge on any atom is -0.550 e. The van der Waals surface area contributed by atoms with Gasteiger partial charge >= 0.3 is 17.4 Å². The maximum atomic E-state index is 10.2. The van der Waals surface area contributed by atoms with Crippen molar-refractivity contribution in [3.63, 3.8) is 0 Å². The zero-order chi connectivity index (χ0) is 14.9. The summed E-state index contributed by atoms with van der Waals surface area (Å²) < 4.78 is 0. The van der Waals surface area contributed by atoms with Crippen LogP contribution in [0.2, 0.25) is 0 Å². The van der Waals surface area contributed by atoms with Crippen LogP contribution in [0.1, 0.15) is 96.8 Å². The van der Waals surface area contributed by atoms with Gasteiger partial charge in [-0.25, -0.2) is 0 Å². The summed E-state index contributed by atoms with van der Waals surface area (Å²) in [5.41, 5.74) is 0. The van der Waals surface area contributed by atoms with Gasteiger partial charge in [0.05, 0.1) is 0 Å². The number of carboxylic acid groups (broad SMARTS) is 1. The molecule has 21 heavy (non-hydrogen) atoms. The molecule has 0 amide bonds. The topological polar surface area (TPSA) is 40.1 Å². The number of carboxylic acids is 1. The molecule has 0 bridgehead atoms. The first-order valence-corrected chi connectivity index (χ1v) is 8.62. The van der Waals surface area contributed by atoms with Gasteiger partial charge in [-0.05, 0) is 38.5 Å². The SMILES string of the molecule is CCCCCCCC/C=C\CCCCCCCC(=O)[O-].[Al+3]. The van der Waals surface area contributed by atoms with Crippen LogP contribution in [0.3, 0.4) is 0 Å². The van der Waals surface area contributed by atoms with Crippen LogP contribution in [-0.2, 0) is 4.79 Å². The van der Waals surface area contributed by atoms with Crippen molar-refractivity contribution in [1.29, 1.82) is 0 Å². The van der Waals surface area contributed by atoms with E-state index in [2.05, 4.69) is 19.1 Å². The summed E-state index contributed by atoms with van der Waals surface area (Å²) >= 11 is 0.